The highest BCUT2D eigenvalue weighted by molar-refractivity contribution is 5.67. The SMILES string of the molecule is CCC1(CNC(=O)OC(C)(C)C)CCN([C@H](C)c2ccccc2)C1. The average Bonchev–Trinajstić information content (AvgIpc) is 2.97. The van der Waals surface area contributed by atoms with Crippen LogP contribution in [0.15, 0.2) is 30.3 Å². The standard InChI is InChI=1S/C20H32N2O2/c1-6-20(14-21-18(23)24-19(3,4)5)12-13-22(15-20)16(2)17-10-8-7-9-11-17/h7-11,16H,6,12-15H2,1-5H3,(H,21,23)/t16-,20?/m1/s1. The Hall–Kier alpha value is -1.55. The lowest BCUT2D eigenvalue weighted by Crippen LogP contribution is -2.41. The number of likely N-dealkylation sites (tertiary alicyclic amines) is 1. The van der Waals surface area contributed by atoms with E-state index in [0.717, 1.165) is 25.9 Å². The molecule has 2 atom stereocenters. The molecular formula is C20H32N2O2. The summed E-state index contributed by atoms with van der Waals surface area (Å²) in [6, 6.07) is 11.0. The van der Waals surface area contributed by atoms with Gasteiger partial charge in [-0.3, -0.25) is 4.90 Å². The smallest absolute Gasteiger partial charge is 0.407 e. The minimum Gasteiger partial charge on any atom is -0.444 e. The van der Waals surface area contributed by atoms with Gasteiger partial charge in [-0.2, -0.15) is 0 Å². The molecule has 2 rings (SSSR count). The Bertz CT molecular complexity index is 538. The summed E-state index contributed by atoms with van der Waals surface area (Å²) in [5.41, 5.74) is 1.04. The summed E-state index contributed by atoms with van der Waals surface area (Å²) in [6.45, 7) is 12.9. The summed E-state index contributed by atoms with van der Waals surface area (Å²) in [6.07, 6.45) is 1.85. The van der Waals surface area contributed by atoms with Gasteiger partial charge in [-0.15, -0.1) is 0 Å². The highest BCUT2D eigenvalue weighted by Crippen LogP contribution is 2.37. The molecule has 4 heteroatoms. The Labute approximate surface area is 146 Å². The van der Waals surface area contributed by atoms with Crippen molar-refractivity contribution in [2.45, 2.75) is 59.1 Å². The van der Waals surface area contributed by atoms with Gasteiger partial charge in [0.25, 0.3) is 0 Å². The summed E-state index contributed by atoms with van der Waals surface area (Å²) in [5.74, 6) is 0. The third kappa shape index (κ3) is 4.97. The Morgan fingerprint density at radius 1 is 1.33 bits per heavy atom. The van der Waals surface area contributed by atoms with E-state index in [0.29, 0.717) is 12.6 Å². The lowest BCUT2D eigenvalue weighted by atomic mass is 9.84. The molecule has 1 aliphatic heterocycles. The zero-order valence-corrected chi connectivity index (χ0v) is 15.8. The van der Waals surface area contributed by atoms with Crippen molar-refractivity contribution in [3.05, 3.63) is 35.9 Å². The number of nitrogens with zero attached hydrogens (tertiary/aromatic N) is 1. The first-order chi connectivity index (χ1) is 11.2. The van der Waals surface area contributed by atoms with Crippen LogP contribution < -0.4 is 5.32 Å². The van der Waals surface area contributed by atoms with E-state index in [1.165, 1.54) is 5.56 Å². The molecule has 4 nitrogen and oxygen atoms in total. The number of carbonyl (C=O) groups is 1. The molecule has 1 heterocycles. The van der Waals surface area contributed by atoms with Crippen LogP contribution in [0.3, 0.4) is 0 Å². The summed E-state index contributed by atoms with van der Waals surface area (Å²) >= 11 is 0. The molecule has 134 valence electrons. The van der Waals surface area contributed by atoms with Gasteiger partial charge in [-0.25, -0.2) is 4.79 Å². The number of nitrogens with one attached hydrogen (secondary N) is 1. The maximum Gasteiger partial charge on any atom is 0.407 e. The molecule has 1 fully saturated rings. The molecule has 1 unspecified atom stereocenters. The van der Waals surface area contributed by atoms with Crippen LogP contribution in [-0.4, -0.2) is 36.2 Å². The number of benzene rings is 1. The Kier molecular flexibility index (Phi) is 5.92. The van der Waals surface area contributed by atoms with Gasteiger partial charge in [0.1, 0.15) is 5.60 Å². The van der Waals surface area contributed by atoms with Crippen molar-refractivity contribution in [1.29, 1.82) is 0 Å². The highest BCUT2D eigenvalue weighted by Gasteiger charge is 2.39. The molecule has 1 saturated heterocycles. The summed E-state index contributed by atoms with van der Waals surface area (Å²) < 4.78 is 5.37. The van der Waals surface area contributed by atoms with Gasteiger partial charge in [0, 0.05) is 24.5 Å². The van der Waals surface area contributed by atoms with Crippen LogP contribution in [0, 0.1) is 5.41 Å². The predicted molar refractivity (Wildman–Crippen MR) is 98.0 cm³/mol. The van der Waals surface area contributed by atoms with Gasteiger partial charge in [0.2, 0.25) is 0 Å². The van der Waals surface area contributed by atoms with Gasteiger partial charge in [-0.05, 0) is 52.6 Å². The molecule has 1 aromatic carbocycles. The van der Waals surface area contributed by atoms with E-state index in [2.05, 4.69) is 54.4 Å². The average molecular weight is 332 g/mol. The van der Waals surface area contributed by atoms with Crippen molar-refractivity contribution in [3.8, 4) is 0 Å². The van der Waals surface area contributed by atoms with Gasteiger partial charge in [-0.1, -0.05) is 37.3 Å². The van der Waals surface area contributed by atoms with Crippen LogP contribution in [0.2, 0.25) is 0 Å². The van der Waals surface area contributed by atoms with Crippen LogP contribution in [0.4, 0.5) is 4.79 Å². The third-order valence-corrected chi connectivity index (χ3v) is 5.05. The molecule has 1 aliphatic rings. The Morgan fingerprint density at radius 2 is 2.00 bits per heavy atom. The number of amides is 1. The molecule has 0 saturated carbocycles. The maximum atomic E-state index is 12.0. The van der Waals surface area contributed by atoms with Crippen molar-refractivity contribution in [2.24, 2.45) is 5.41 Å². The van der Waals surface area contributed by atoms with Crippen LogP contribution in [-0.2, 0) is 4.74 Å². The van der Waals surface area contributed by atoms with Crippen molar-refractivity contribution in [1.82, 2.24) is 10.2 Å². The van der Waals surface area contributed by atoms with Crippen LogP contribution in [0.1, 0.15) is 59.1 Å². The van der Waals surface area contributed by atoms with Crippen molar-refractivity contribution in [2.75, 3.05) is 19.6 Å². The van der Waals surface area contributed by atoms with E-state index < -0.39 is 5.60 Å². The van der Waals surface area contributed by atoms with Crippen LogP contribution in [0.5, 0.6) is 0 Å². The molecule has 0 aromatic heterocycles. The first-order valence-electron chi connectivity index (χ1n) is 9.00. The van der Waals surface area contributed by atoms with Gasteiger partial charge in [0.05, 0.1) is 0 Å². The van der Waals surface area contributed by atoms with E-state index >= 15 is 0 Å². The molecular weight excluding hydrogens is 300 g/mol. The zero-order chi connectivity index (χ0) is 17.8. The lowest BCUT2D eigenvalue weighted by molar-refractivity contribution is 0.0497. The van der Waals surface area contributed by atoms with Crippen LogP contribution in [0.25, 0.3) is 0 Å². The molecule has 0 aliphatic carbocycles. The fraction of sp³-hybridized carbons (Fsp3) is 0.650. The molecule has 1 amide bonds. The summed E-state index contributed by atoms with van der Waals surface area (Å²) in [7, 11) is 0. The number of rotatable bonds is 5. The fourth-order valence-corrected chi connectivity index (χ4v) is 3.37. The van der Waals surface area contributed by atoms with Crippen molar-refractivity contribution < 1.29 is 9.53 Å². The van der Waals surface area contributed by atoms with E-state index in [9.17, 15) is 4.79 Å². The number of ether oxygens (including phenoxy) is 1. The number of alkyl carbamates (subject to hydrolysis) is 1. The first kappa shape index (κ1) is 18.8. The summed E-state index contributed by atoms with van der Waals surface area (Å²) in [5, 5.41) is 2.98. The lowest BCUT2D eigenvalue weighted by Gasteiger charge is -2.31. The number of hydrogen-bond acceptors (Lipinski definition) is 3. The van der Waals surface area contributed by atoms with E-state index in [-0.39, 0.29) is 11.5 Å². The van der Waals surface area contributed by atoms with Crippen molar-refractivity contribution >= 4 is 6.09 Å². The predicted octanol–water partition coefficient (Wildman–Crippen LogP) is 4.37. The second-order valence-electron chi connectivity index (χ2n) is 8.02. The third-order valence-electron chi connectivity index (χ3n) is 5.05. The monoisotopic (exact) mass is 332 g/mol. The highest BCUT2D eigenvalue weighted by atomic mass is 16.6. The van der Waals surface area contributed by atoms with Crippen molar-refractivity contribution in [3.63, 3.8) is 0 Å². The molecule has 1 aromatic rings. The van der Waals surface area contributed by atoms with E-state index in [1.807, 2.05) is 20.8 Å². The molecule has 0 bridgehead atoms. The van der Waals surface area contributed by atoms with Gasteiger partial charge >= 0.3 is 6.09 Å². The molecule has 24 heavy (non-hydrogen) atoms. The number of carbonyl (C=O) groups excluding carboxylic acids is 1. The fourth-order valence-electron chi connectivity index (χ4n) is 3.37. The summed E-state index contributed by atoms with van der Waals surface area (Å²) in [4.78, 5) is 14.5. The normalized spacial score (nSPS) is 23.0. The van der Waals surface area contributed by atoms with Gasteiger partial charge < -0.3 is 10.1 Å². The maximum absolute atomic E-state index is 12.0. The zero-order valence-electron chi connectivity index (χ0n) is 15.8. The minimum atomic E-state index is -0.451. The first-order valence-corrected chi connectivity index (χ1v) is 9.00. The second-order valence-corrected chi connectivity index (χ2v) is 8.02. The van der Waals surface area contributed by atoms with Crippen LogP contribution >= 0.6 is 0 Å². The van der Waals surface area contributed by atoms with E-state index in [1.54, 1.807) is 0 Å². The van der Waals surface area contributed by atoms with Gasteiger partial charge in [0.15, 0.2) is 0 Å². The van der Waals surface area contributed by atoms with E-state index in [4.69, 9.17) is 4.74 Å². The quantitative estimate of drug-likeness (QED) is 0.870. The minimum absolute atomic E-state index is 0.139. The molecule has 1 N–H and O–H groups in total. The molecule has 0 radical (unpaired) electrons. The number of hydrogen-bond donors (Lipinski definition) is 1. The second kappa shape index (κ2) is 7.56. The Balaban J connectivity index is 1.93. The topological polar surface area (TPSA) is 41.6 Å². The Morgan fingerprint density at radius 3 is 2.58 bits per heavy atom. The molecule has 0 spiro atoms. The largest absolute Gasteiger partial charge is 0.444 e.